The number of anilines is 1. The van der Waals surface area contributed by atoms with Gasteiger partial charge in [-0.3, -0.25) is 14.6 Å². The Morgan fingerprint density at radius 2 is 2.15 bits per heavy atom. The molecule has 0 unspecified atom stereocenters. The van der Waals surface area contributed by atoms with Crippen LogP contribution in [0.5, 0.6) is 0 Å². The van der Waals surface area contributed by atoms with Crippen LogP contribution >= 0.6 is 11.8 Å². The minimum Gasteiger partial charge on any atom is -0.355 e. The first-order valence-electron chi connectivity index (χ1n) is 8.57. The Morgan fingerprint density at radius 3 is 2.85 bits per heavy atom. The molecule has 0 atom stereocenters. The molecule has 3 aromatic heterocycles. The summed E-state index contributed by atoms with van der Waals surface area (Å²) in [6, 6.07) is 3.36. The van der Waals surface area contributed by atoms with E-state index in [2.05, 4.69) is 25.3 Å². The second-order valence-corrected chi connectivity index (χ2v) is 7.31. The Morgan fingerprint density at radius 1 is 1.30 bits per heavy atom. The van der Waals surface area contributed by atoms with Crippen LogP contribution in [-0.4, -0.2) is 36.8 Å². The standard InChI is InChI=1S/C18H22N6O2S/c1-12-15(22-11-21-12)10-27-6-4-19-18-20-9-14(17(26)23-18)7-13-3-5-24(2)16(25)8-13/h3,5,8-9,11H,4,6-7,10H2,1-2H3,(H,21,22)(H2,19,20,23,26). The van der Waals surface area contributed by atoms with Crippen LogP contribution in [0.3, 0.4) is 0 Å². The summed E-state index contributed by atoms with van der Waals surface area (Å²) in [7, 11) is 1.69. The number of rotatable bonds is 8. The van der Waals surface area contributed by atoms with Gasteiger partial charge in [0, 0.05) is 61.2 Å². The predicted molar refractivity (Wildman–Crippen MR) is 107 cm³/mol. The second kappa shape index (κ2) is 8.72. The van der Waals surface area contributed by atoms with Crippen LogP contribution in [0.4, 0.5) is 5.95 Å². The average Bonchev–Trinajstić information content (AvgIpc) is 3.05. The molecule has 0 amide bonds. The molecular weight excluding hydrogens is 364 g/mol. The highest BCUT2D eigenvalue weighted by Gasteiger charge is 2.06. The van der Waals surface area contributed by atoms with Crippen molar-refractivity contribution in [3.63, 3.8) is 0 Å². The molecular formula is C18H22N6O2S. The van der Waals surface area contributed by atoms with E-state index in [0.717, 1.165) is 28.5 Å². The zero-order valence-electron chi connectivity index (χ0n) is 15.3. The topological polar surface area (TPSA) is 108 Å². The zero-order valence-corrected chi connectivity index (χ0v) is 16.1. The molecule has 9 heteroatoms. The monoisotopic (exact) mass is 386 g/mol. The van der Waals surface area contributed by atoms with Gasteiger partial charge in [-0.05, 0) is 18.6 Å². The maximum atomic E-state index is 12.2. The average molecular weight is 386 g/mol. The fourth-order valence-electron chi connectivity index (χ4n) is 2.50. The molecule has 0 aliphatic rings. The smallest absolute Gasteiger partial charge is 0.255 e. The van der Waals surface area contributed by atoms with Gasteiger partial charge >= 0.3 is 0 Å². The molecule has 0 aliphatic carbocycles. The predicted octanol–water partition coefficient (Wildman–Crippen LogP) is 1.44. The number of nitrogens with one attached hydrogen (secondary N) is 3. The highest BCUT2D eigenvalue weighted by Crippen LogP contribution is 2.12. The lowest BCUT2D eigenvalue weighted by Crippen LogP contribution is -2.19. The summed E-state index contributed by atoms with van der Waals surface area (Å²) in [5.74, 6) is 2.16. The van der Waals surface area contributed by atoms with E-state index in [1.165, 1.54) is 10.6 Å². The van der Waals surface area contributed by atoms with Crippen molar-refractivity contribution in [2.24, 2.45) is 7.05 Å². The Bertz CT molecular complexity index is 1020. The number of hydrogen-bond acceptors (Lipinski definition) is 6. The molecule has 0 saturated carbocycles. The Balaban J connectivity index is 1.50. The van der Waals surface area contributed by atoms with Gasteiger partial charge in [0.1, 0.15) is 0 Å². The fraction of sp³-hybridized carbons (Fsp3) is 0.333. The van der Waals surface area contributed by atoms with Gasteiger partial charge in [-0.15, -0.1) is 0 Å². The van der Waals surface area contributed by atoms with Gasteiger partial charge in [0.25, 0.3) is 11.1 Å². The molecule has 142 valence electrons. The van der Waals surface area contributed by atoms with Crippen molar-refractivity contribution in [1.82, 2.24) is 24.5 Å². The van der Waals surface area contributed by atoms with Gasteiger partial charge in [0.15, 0.2) is 0 Å². The summed E-state index contributed by atoms with van der Waals surface area (Å²) in [4.78, 5) is 38.3. The molecule has 3 rings (SSSR count). The number of H-pyrrole nitrogens is 2. The van der Waals surface area contributed by atoms with Crippen molar-refractivity contribution >= 4 is 17.7 Å². The van der Waals surface area contributed by atoms with E-state index in [1.807, 2.05) is 13.0 Å². The number of nitrogens with zero attached hydrogens (tertiary/aromatic N) is 3. The highest BCUT2D eigenvalue weighted by atomic mass is 32.2. The number of aromatic nitrogens is 5. The van der Waals surface area contributed by atoms with Crippen LogP contribution in [0.2, 0.25) is 0 Å². The summed E-state index contributed by atoms with van der Waals surface area (Å²) in [5, 5.41) is 3.12. The summed E-state index contributed by atoms with van der Waals surface area (Å²) < 4.78 is 1.49. The first-order valence-corrected chi connectivity index (χ1v) is 9.72. The largest absolute Gasteiger partial charge is 0.355 e. The number of aryl methyl sites for hydroxylation is 2. The Labute approximate surface area is 160 Å². The van der Waals surface area contributed by atoms with Gasteiger partial charge in [-0.25, -0.2) is 9.97 Å². The van der Waals surface area contributed by atoms with E-state index in [-0.39, 0.29) is 11.1 Å². The van der Waals surface area contributed by atoms with Gasteiger partial charge in [-0.1, -0.05) is 0 Å². The summed E-state index contributed by atoms with van der Waals surface area (Å²) in [6.07, 6.45) is 5.32. The SMILES string of the molecule is Cc1[nH]cnc1CSCCNc1ncc(Cc2ccn(C)c(=O)c2)c(=O)[nH]1. The first-order chi connectivity index (χ1) is 13.0. The van der Waals surface area contributed by atoms with Crippen LogP contribution in [0.15, 0.2) is 40.4 Å². The van der Waals surface area contributed by atoms with Crippen LogP contribution in [-0.2, 0) is 19.2 Å². The van der Waals surface area contributed by atoms with Crippen LogP contribution < -0.4 is 16.4 Å². The van der Waals surface area contributed by atoms with E-state index < -0.39 is 0 Å². The van der Waals surface area contributed by atoms with Gasteiger partial charge < -0.3 is 14.9 Å². The minimum atomic E-state index is -0.201. The van der Waals surface area contributed by atoms with E-state index >= 15 is 0 Å². The van der Waals surface area contributed by atoms with E-state index in [1.54, 1.807) is 37.5 Å². The van der Waals surface area contributed by atoms with Crippen molar-refractivity contribution in [3.05, 3.63) is 74.1 Å². The number of pyridine rings is 1. The van der Waals surface area contributed by atoms with E-state index in [4.69, 9.17) is 0 Å². The zero-order chi connectivity index (χ0) is 19.2. The van der Waals surface area contributed by atoms with Crippen molar-refractivity contribution in [1.29, 1.82) is 0 Å². The summed E-state index contributed by atoms with van der Waals surface area (Å²) in [6.45, 7) is 2.69. The van der Waals surface area contributed by atoms with Crippen molar-refractivity contribution in [2.75, 3.05) is 17.6 Å². The lowest BCUT2D eigenvalue weighted by molar-refractivity contribution is 0.851. The molecule has 8 nitrogen and oxygen atoms in total. The second-order valence-electron chi connectivity index (χ2n) is 6.20. The summed E-state index contributed by atoms with van der Waals surface area (Å²) in [5.41, 5.74) is 3.17. The molecule has 0 aromatic carbocycles. The molecule has 0 spiro atoms. The minimum absolute atomic E-state index is 0.0993. The molecule has 0 bridgehead atoms. The number of thioether (sulfide) groups is 1. The van der Waals surface area contributed by atoms with Crippen LogP contribution in [0.1, 0.15) is 22.5 Å². The number of aromatic amines is 2. The van der Waals surface area contributed by atoms with Crippen molar-refractivity contribution in [2.45, 2.75) is 19.1 Å². The Hall–Kier alpha value is -2.81. The molecule has 27 heavy (non-hydrogen) atoms. The van der Waals surface area contributed by atoms with Gasteiger partial charge in [0.2, 0.25) is 5.95 Å². The molecule has 3 aromatic rings. The van der Waals surface area contributed by atoms with Gasteiger partial charge in [0.05, 0.1) is 12.0 Å². The van der Waals surface area contributed by atoms with Crippen molar-refractivity contribution < 1.29 is 0 Å². The quantitative estimate of drug-likeness (QED) is 0.506. The van der Waals surface area contributed by atoms with E-state index in [0.29, 0.717) is 24.5 Å². The molecule has 3 N–H and O–H groups in total. The number of hydrogen-bond donors (Lipinski definition) is 3. The third-order valence-electron chi connectivity index (χ3n) is 4.15. The summed E-state index contributed by atoms with van der Waals surface area (Å²) >= 11 is 1.76. The van der Waals surface area contributed by atoms with Crippen LogP contribution in [0.25, 0.3) is 0 Å². The van der Waals surface area contributed by atoms with Crippen LogP contribution in [0, 0.1) is 6.92 Å². The van der Waals surface area contributed by atoms with E-state index in [9.17, 15) is 9.59 Å². The lowest BCUT2D eigenvalue weighted by Gasteiger charge is -2.07. The molecule has 0 aliphatic heterocycles. The normalized spacial score (nSPS) is 10.9. The lowest BCUT2D eigenvalue weighted by atomic mass is 10.1. The molecule has 0 radical (unpaired) electrons. The van der Waals surface area contributed by atoms with Crippen molar-refractivity contribution in [3.8, 4) is 0 Å². The molecule has 0 saturated heterocycles. The Kier molecular flexibility index (Phi) is 6.12. The number of imidazole rings is 1. The third kappa shape index (κ3) is 5.10. The first kappa shape index (κ1) is 19.0. The molecule has 0 fully saturated rings. The van der Waals surface area contributed by atoms with Gasteiger partial charge in [-0.2, -0.15) is 11.8 Å². The maximum Gasteiger partial charge on any atom is 0.255 e. The third-order valence-corrected chi connectivity index (χ3v) is 5.12. The maximum absolute atomic E-state index is 12.2. The fourth-order valence-corrected chi connectivity index (χ4v) is 3.37. The highest BCUT2D eigenvalue weighted by molar-refractivity contribution is 7.98. The molecule has 3 heterocycles.